The van der Waals surface area contributed by atoms with Gasteiger partial charge in [0.15, 0.2) is 5.76 Å². The SMILES string of the molecule is Cc1ccc(S(=O)(=O)NCCC(=O)Nc2ccc(NC(=O)c3ccco3)cc2)c(C)c1. The number of aryl methyl sites for hydroxylation is 2. The topological polar surface area (TPSA) is 118 Å². The summed E-state index contributed by atoms with van der Waals surface area (Å²) in [5, 5.41) is 5.37. The number of hydrogen-bond acceptors (Lipinski definition) is 5. The maximum absolute atomic E-state index is 12.4. The van der Waals surface area contributed by atoms with Crippen LogP contribution in [0.5, 0.6) is 0 Å². The Labute approximate surface area is 180 Å². The smallest absolute Gasteiger partial charge is 0.291 e. The van der Waals surface area contributed by atoms with Crippen LogP contribution < -0.4 is 15.4 Å². The second-order valence-corrected chi connectivity index (χ2v) is 8.71. The number of anilines is 2. The standard InChI is InChI=1S/C22H23N3O5S/c1-15-5-10-20(16(2)14-15)31(28,29)23-12-11-21(26)24-17-6-8-18(9-7-17)25-22(27)19-4-3-13-30-19/h3-10,13-14,23H,11-12H2,1-2H3,(H,24,26)(H,25,27). The van der Waals surface area contributed by atoms with Crippen LogP contribution >= 0.6 is 0 Å². The van der Waals surface area contributed by atoms with E-state index in [1.807, 2.05) is 6.92 Å². The molecule has 0 atom stereocenters. The minimum Gasteiger partial charge on any atom is -0.459 e. The molecule has 0 unspecified atom stereocenters. The minimum atomic E-state index is -3.69. The van der Waals surface area contributed by atoms with Crippen LogP contribution in [0.4, 0.5) is 11.4 Å². The zero-order valence-electron chi connectivity index (χ0n) is 17.1. The first-order chi connectivity index (χ1) is 14.7. The van der Waals surface area contributed by atoms with E-state index in [9.17, 15) is 18.0 Å². The number of furan rings is 1. The predicted octanol–water partition coefficient (Wildman–Crippen LogP) is 3.46. The number of amides is 2. The molecule has 1 aromatic heterocycles. The molecule has 0 saturated carbocycles. The third-order valence-electron chi connectivity index (χ3n) is 4.44. The predicted molar refractivity (Wildman–Crippen MR) is 117 cm³/mol. The van der Waals surface area contributed by atoms with Crippen LogP contribution in [0.3, 0.4) is 0 Å². The molecule has 3 aromatic rings. The van der Waals surface area contributed by atoms with Crippen molar-refractivity contribution in [3.63, 3.8) is 0 Å². The van der Waals surface area contributed by atoms with E-state index in [0.717, 1.165) is 5.56 Å². The summed E-state index contributed by atoms with van der Waals surface area (Å²) in [6.45, 7) is 3.59. The number of nitrogens with one attached hydrogen (secondary N) is 3. The zero-order chi connectivity index (χ0) is 22.4. The van der Waals surface area contributed by atoms with E-state index in [1.54, 1.807) is 61.5 Å². The van der Waals surface area contributed by atoms with Crippen molar-refractivity contribution in [1.29, 1.82) is 0 Å². The summed E-state index contributed by atoms with van der Waals surface area (Å²) in [5.74, 6) is -0.519. The molecule has 0 radical (unpaired) electrons. The number of sulfonamides is 1. The summed E-state index contributed by atoms with van der Waals surface area (Å²) in [7, 11) is -3.69. The molecule has 8 nitrogen and oxygen atoms in total. The van der Waals surface area contributed by atoms with Gasteiger partial charge in [0.05, 0.1) is 11.2 Å². The Bertz CT molecular complexity index is 1170. The second kappa shape index (κ2) is 9.59. The molecule has 31 heavy (non-hydrogen) atoms. The quantitative estimate of drug-likeness (QED) is 0.495. The third-order valence-corrected chi connectivity index (χ3v) is 6.06. The van der Waals surface area contributed by atoms with Gasteiger partial charge in [-0.05, 0) is 61.9 Å². The highest BCUT2D eigenvalue weighted by molar-refractivity contribution is 7.89. The summed E-state index contributed by atoms with van der Waals surface area (Å²) < 4.78 is 32.3. The van der Waals surface area contributed by atoms with E-state index in [4.69, 9.17) is 4.42 Å². The fraction of sp³-hybridized carbons (Fsp3) is 0.182. The number of carbonyl (C=O) groups excluding carboxylic acids is 2. The summed E-state index contributed by atoms with van der Waals surface area (Å²) in [6.07, 6.45) is 1.39. The van der Waals surface area contributed by atoms with Gasteiger partial charge in [-0.15, -0.1) is 0 Å². The largest absolute Gasteiger partial charge is 0.459 e. The summed E-state index contributed by atoms with van der Waals surface area (Å²) in [5.41, 5.74) is 2.69. The first kappa shape index (κ1) is 22.3. The molecule has 9 heteroatoms. The monoisotopic (exact) mass is 441 g/mol. The average Bonchev–Trinajstić information content (AvgIpc) is 3.24. The normalized spacial score (nSPS) is 11.2. The van der Waals surface area contributed by atoms with Gasteiger partial charge in [-0.1, -0.05) is 17.7 Å². The first-order valence-electron chi connectivity index (χ1n) is 9.56. The van der Waals surface area contributed by atoms with Gasteiger partial charge in [0.1, 0.15) is 0 Å². The van der Waals surface area contributed by atoms with E-state index in [-0.39, 0.29) is 35.4 Å². The number of benzene rings is 2. The van der Waals surface area contributed by atoms with Crippen molar-refractivity contribution in [2.75, 3.05) is 17.2 Å². The van der Waals surface area contributed by atoms with Crippen molar-refractivity contribution >= 4 is 33.2 Å². The molecule has 2 aromatic carbocycles. The Hall–Kier alpha value is -3.43. The van der Waals surface area contributed by atoms with Gasteiger partial charge in [0.2, 0.25) is 15.9 Å². The van der Waals surface area contributed by atoms with Gasteiger partial charge in [0.25, 0.3) is 5.91 Å². The lowest BCUT2D eigenvalue weighted by Crippen LogP contribution is -2.28. The Morgan fingerprint density at radius 1 is 0.935 bits per heavy atom. The first-order valence-corrected chi connectivity index (χ1v) is 11.0. The Kier molecular flexibility index (Phi) is 6.88. The fourth-order valence-electron chi connectivity index (χ4n) is 2.94. The van der Waals surface area contributed by atoms with Crippen molar-refractivity contribution in [2.45, 2.75) is 25.2 Å². The molecule has 162 valence electrons. The number of rotatable bonds is 8. The van der Waals surface area contributed by atoms with Crippen LogP contribution in [0, 0.1) is 13.8 Å². The molecule has 0 aliphatic rings. The van der Waals surface area contributed by atoms with Crippen molar-refractivity contribution in [3.8, 4) is 0 Å². The van der Waals surface area contributed by atoms with Gasteiger partial charge >= 0.3 is 0 Å². The van der Waals surface area contributed by atoms with Crippen molar-refractivity contribution in [3.05, 3.63) is 77.7 Å². The third kappa shape index (κ3) is 6.03. The molecule has 3 N–H and O–H groups in total. The maximum Gasteiger partial charge on any atom is 0.291 e. The lowest BCUT2D eigenvalue weighted by Gasteiger charge is -2.10. The molecule has 0 fully saturated rings. The molecule has 0 spiro atoms. The summed E-state index contributed by atoms with van der Waals surface area (Å²) >= 11 is 0. The lowest BCUT2D eigenvalue weighted by atomic mass is 10.2. The molecule has 0 aliphatic heterocycles. The highest BCUT2D eigenvalue weighted by Gasteiger charge is 2.17. The van der Waals surface area contributed by atoms with Crippen LogP contribution in [0.2, 0.25) is 0 Å². The Balaban J connectivity index is 1.49. The van der Waals surface area contributed by atoms with Crippen molar-refractivity contribution in [2.24, 2.45) is 0 Å². The summed E-state index contributed by atoms with van der Waals surface area (Å²) in [4.78, 5) is 24.3. The van der Waals surface area contributed by atoms with Gasteiger partial charge in [-0.3, -0.25) is 9.59 Å². The minimum absolute atomic E-state index is 0.0267. The highest BCUT2D eigenvalue weighted by Crippen LogP contribution is 2.17. The Morgan fingerprint density at radius 2 is 1.61 bits per heavy atom. The molecule has 0 saturated heterocycles. The second-order valence-electron chi connectivity index (χ2n) is 6.97. The van der Waals surface area contributed by atoms with Gasteiger partial charge in [-0.2, -0.15) is 0 Å². The van der Waals surface area contributed by atoms with Gasteiger partial charge in [0, 0.05) is 24.3 Å². The molecular formula is C22H23N3O5S. The van der Waals surface area contributed by atoms with Crippen LogP contribution in [0.15, 0.2) is 70.2 Å². The summed E-state index contributed by atoms with van der Waals surface area (Å²) in [6, 6.07) is 14.8. The number of carbonyl (C=O) groups is 2. The van der Waals surface area contributed by atoms with Crippen LogP contribution in [0.25, 0.3) is 0 Å². The van der Waals surface area contributed by atoms with E-state index >= 15 is 0 Å². The van der Waals surface area contributed by atoms with Gasteiger partial charge in [-0.25, -0.2) is 13.1 Å². The van der Waals surface area contributed by atoms with Crippen LogP contribution in [0.1, 0.15) is 28.1 Å². The van der Waals surface area contributed by atoms with E-state index in [1.165, 1.54) is 6.26 Å². The van der Waals surface area contributed by atoms with E-state index < -0.39 is 10.0 Å². The lowest BCUT2D eigenvalue weighted by molar-refractivity contribution is -0.116. The number of hydrogen-bond donors (Lipinski definition) is 3. The van der Waals surface area contributed by atoms with Crippen LogP contribution in [-0.4, -0.2) is 26.8 Å². The van der Waals surface area contributed by atoms with E-state index in [0.29, 0.717) is 16.9 Å². The molecule has 3 rings (SSSR count). The van der Waals surface area contributed by atoms with Crippen molar-refractivity contribution < 1.29 is 22.4 Å². The van der Waals surface area contributed by atoms with Crippen molar-refractivity contribution in [1.82, 2.24) is 4.72 Å². The Morgan fingerprint density at radius 3 is 2.23 bits per heavy atom. The average molecular weight is 442 g/mol. The maximum atomic E-state index is 12.4. The zero-order valence-corrected chi connectivity index (χ0v) is 18.0. The van der Waals surface area contributed by atoms with Crippen LogP contribution in [-0.2, 0) is 14.8 Å². The van der Waals surface area contributed by atoms with E-state index in [2.05, 4.69) is 15.4 Å². The highest BCUT2D eigenvalue weighted by atomic mass is 32.2. The van der Waals surface area contributed by atoms with Gasteiger partial charge < -0.3 is 15.1 Å². The fourth-order valence-corrected chi connectivity index (χ4v) is 4.19. The molecule has 1 heterocycles. The molecule has 0 aliphatic carbocycles. The molecule has 0 bridgehead atoms. The molecular weight excluding hydrogens is 418 g/mol. The molecule has 2 amide bonds.